The number of carboxylic acid groups (broad SMARTS) is 1. The first kappa shape index (κ1) is 27.9. The maximum Gasteiger partial charge on any atom is 0.322 e. The second kappa shape index (κ2) is 13.4. The summed E-state index contributed by atoms with van der Waals surface area (Å²) >= 11 is 0. The van der Waals surface area contributed by atoms with E-state index in [0.29, 0.717) is 12.8 Å². The van der Waals surface area contributed by atoms with Crippen molar-refractivity contribution in [2.75, 3.05) is 6.54 Å². The van der Waals surface area contributed by atoms with Gasteiger partial charge in [-0.05, 0) is 48.8 Å². The minimum atomic E-state index is -1.19. The molecule has 0 aromatic heterocycles. The lowest BCUT2D eigenvalue weighted by Gasteiger charge is -2.26. The van der Waals surface area contributed by atoms with Crippen molar-refractivity contribution in [3.63, 3.8) is 0 Å². The van der Waals surface area contributed by atoms with E-state index >= 15 is 0 Å². The quantitative estimate of drug-likeness (QED) is 0.247. The van der Waals surface area contributed by atoms with Crippen LogP contribution in [0.1, 0.15) is 46.1 Å². The molecule has 0 heterocycles. The number of rotatable bonds is 13. The van der Waals surface area contributed by atoms with Gasteiger partial charge in [0, 0.05) is 0 Å². The molecule has 0 spiro atoms. The first-order valence-corrected chi connectivity index (χ1v) is 11.0. The Kier molecular flexibility index (Phi) is 11.3. The van der Waals surface area contributed by atoms with Crippen LogP contribution in [-0.2, 0) is 25.6 Å². The molecule has 184 valence electrons. The van der Waals surface area contributed by atoms with Crippen molar-refractivity contribution in [2.45, 2.75) is 65.1 Å². The Balaban J connectivity index is 2.87. The standard InChI is InChI=1S/C23H36N4O6/c1-13(2)9-18(22(32)25-12-20(29)30)27-23(33)19(10-14(3)4)26-21(31)17(24)11-15-5-7-16(28)8-6-15/h5-8,13-14,17-19,28H,9-12,24H2,1-4H3,(H,25,32)(H,26,31)(H,27,33)(H,29,30). The highest BCUT2D eigenvalue weighted by Crippen LogP contribution is 2.12. The van der Waals surface area contributed by atoms with Crippen molar-refractivity contribution < 1.29 is 29.4 Å². The van der Waals surface area contributed by atoms with Gasteiger partial charge in [0.25, 0.3) is 0 Å². The maximum absolute atomic E-state index is 13.0. The molecule has 0 bridgehead atoms. The number of phenols is 1. The average molecular weight is 465 g/mol. The summed E-state index contributed by atoms with van der Waals surface area (Å²) in [5.41, 5.74) is 6.78. The molecule has 1 aromatic rings. The Morgan fingerprint density at radius 3 is 1.82 bits per heavy atom. The first-order valence-electron chi connectivity index (χ1n) is 11.0. The average Bonchev–Trinajstić information content (AvgIpc) is 2.71. The van der Waals surface area contributed by atoms with E-state index in [1.165, 1.54) is 12.1 Å². The van der Waals surface area contributed by atoms with Crippen LogP contribution < -0.4 is 21.7 Å². The number of phenolic OH excluding ortho intramolecular Hbond substituents is 1. The van der Waals surface area contributed by atoms with Gasteiger partial charge in [-0.15, -0.1) is 0 Å². The summed E-state index contributed by atoms with van der Waals surface area (Å²) in [6.45, 7) is 6.99. The third-order valence-corrected chi connectivity index (χ3v) is 4.82. The molecule has 33 heavy (non-hydrogen) atoms. The summed E-state index contributed by atoms with van der Waals surface area (Å²) in [6, 6.07) is 3.56. The van der Waals surface area contributed by atoms with E-state index in [1.807, 2.05) is 27.7 Å². The minimum Gasteiger partial charge on any atom is -0.508 e. The van der Waals surface area contributed by atoms with Crippen molar-refractivity contribution >= 4 is 23.7 Å². The van der Waals surface area contributed by atoms with Gasteiger partial charge >= 0.3 is 5.97 Å². The van der Waals surface area contributed by atoms with E-state index < -0.39 is 48.4 Å². The predicted molar refractivity (Wildman–Crippen MR) is 123 cm³/mol. The fourth-order valence-corrected chi connectivity index (χ4v) is 3.22. The third kappa shape index (κ3) is 10.8. The monoisotopic (exact) mass is 464 g/mol. The van der Waals surface area contributed by atoms with Crippen LogP contribution in [0.2, 0.25) is 0 Å². The number of amides is 3. The molecule has 0 aliphatic carbocycles. The van der Waals surface area contributed by atoms with Gasteiger partial charge in [0.05, 0.1) is 6.04 Å². The molecule has 1 rings (SSSR count). The van der Waals surface area contributed by atoms with Crippen LogP contribution in [-0.4, -0.2) is 58.6 Å². The van der Waals surface area contributed by atoms with E-state index in [4.69, 9.17) is 10.8 Å². The lowest BCUT2D eigenvalue weighted by molar-refractivity contribution is -0.138. The van der Waals surface area contributed by atoms with Crippen LogP contribution in [0.5, 0.6) is 5.75 Å². The molecule has 1 aromatic carbocycles. The fraction of sp³-hybridized carbons (Fsp3) is 0.565. The van der Waals surface area contributed by atoms with Gasteiger partial charge in [0.2, 0.25) is 17.7 Å². The molecule has 0 saturated carbocycles. The van der Waals surface area contributed by atoms with Crippen molar-refractivity contribution in [1.29, 1.82) is 0 Å². The SMILES string of the molecule is CC(C)CC(NC(=O)C(N)Cc1ccc(O)cc1)C(=O)NC(CC(C)C)C(=O)NCC(=O)O. The van der Waals surface area contributed by atoms with Crippen LogP contribution in [0.4, 0.5) is 0 Å². The lowest BCUT2D eigenvalue weighted by atomic mass is 9.99. The molecule has 3 atom stereocenters. The number of aromatic hydroxyl groups is 1. The van der Waals surface area contributed by atoms with Gasteiger partial charge in [0.15, 0.2) is 0 Å². The number of nitrogens with one attached hydrogen (secondary N) is 3. The molecule has 3 unspecified atom stereocenters. The van der Waals surface area contributed by atoms with Gasteiger partial charge < -0.3 is 31.9 Å². The molecule has 7 N–H and O–H groups in total. The highest BCUT2D eigenvalue weighted by atomic mass is 16.4. The van der Waals surface area contributed by atoms with Gasteiger partial charge in [-0.3, -0.25) is 19.2 Å². The summed E-state index contributed by atoms with van der Waals surface area (Å²) in [5.74, 6) is -2.61. The Labute approximate surface area is 194 Å². The van der Waals surface area contributed by atoms with E-state index in [9.17, 15) is 24.3 Å². The van der Waals surface area contributed by atoms with Crippen molar-refractivity contribution in [2.24, 2.45) is 17.6 Å². The molecular weight excluding hydrogens is 428 g/mol. The molecular formula is C23H36N4O6. The van der Waals surface area contributed by atoms with Crippen molar-refractivity contribution in [3.05, 3.63) is 29.8 Å². The largest absolute Gasteiger partial charge is 0.508 e. The predicted octanol–water partition coefficient (Wildman–Crippen LogP) is 0.525. The molecule has 0 fully saturated rings. The Morgan fingerprint density at radius 2 is 1.33 bits per heavy atom. The highest BCUT2D eigenvalue weighted by molar-refractivity contribution is 5.93. The Bertz CT molecular complexity index is 810. The normalized spacial score (nSPS) is 13.8. The summed E-state index contributed by atoms with van der Waals surface area (Å²) in [4.78, 5) is 48.8. The smallest absolute Gasteiger partial charge is 0.322 e. The second-order valence-electron chi connectivity index (χ2n) is 8.97. The van der Waals surface area contributed by atoms with Gasteiger partial charge in [-0.2, -0.15) is 0 Å². The fourth-order valence-electron chi connectivity index (χ4n) is 3.22. The second-order valence-corrected chi connectivity index (χ2v) is 8.97. The van der Waals surface area contributed by atoms with Crippen LogP contribution in [0.25, 0.3) is 0 Å². The zero-order valence-electron chi connectivity index (χ0n) is 19.6. The summed E-state index contributed by atoms with van der Waals surface area (Å²) in [6.07, 6.45) is 0.851. The summed E-state index contributed by atoms with van der Waals surface area (Å²) in [5, 5.41) is 25.8. The maximum atomic E-state index is 13.0. The van der Waals surface area contributed by atoms with E-state index in [-0.39, 0.29) is 24.0 Å². The number of nitrogens with two attached hydrogens (primary N) is 1. The molecule has 0 saturated heterocycles. The molecule has 0 aliphatic heterocycles. The topological polar surface area (TPSA) is 171 Å². The number of carbonyl (C=O) groups excluding carboxylic acids is 3. The third-order valence-electron chi connectivity index (χ3n) is 4.82. The molecule has 0 radical (unpaired) electrons. The molecule has 10 heteroatoms. The number of carboxylic acids is 1. The van der Waals surface area contributed by atoms with Crippen molar-refractivity contribution in [3.8, 4) is 5.75 Å². The number of carbonyl (C=O) groups is 4. The molecule has 10 nitrogen and oxygen atoms in total. The van der Waals surface area contributed by atoms with Crippen molar-refractivity contribution in [1.82, 2.24) is 16.0 Å². The van der Waals surface area contributed by atoms with Crippen LogP contribution in [0, 0.1) is 11.8 Å². The van der Waals surface area contributed by atoms with E-state index in [2.05, 4.69) is 16.0 Å². The number of benzene rings is 1. The van der Waals surface area contributed by atoms with Crippen LogP contribution in [0.3, 0.4) is 0 Å². The Hall–Kier alpha value is -3.14. The highest BCUT2D eigenvalue weighted by Gasteiger charge is 2.29. The van der Waals surface area contributed by atoms with Gasteiger partial charge in [0.1, 0.15) is 24.4 Å². The van der Waals surface area contributed by atoms with Gasteiger partial charge in [-0.25, -0.2) is 0 Å². The zero-order chi connectivity index (χ0) is 25.1. The molecule has 0 aliphatic rings. The Morgan fingerprint density at radius 1 is 0.848 bits per heavy atom. The van der Waals surface area contributed by atoms with E-state index in [0.717, 1.165) is 5.56 Å². The zero-order valence-corrected chi connectivity index (χ0v) is 19.6. The first-order chi connectivity index (χ1) is 15.4. The van der Waals surface area contributed by atoms with Crippen LogP contribution >= 0.6 is 0 Å². The lowest BCUT2D eigenvalue weighted by Crippen LogP contribution is -2.56. The van der Waals surface area contributed by atoms with E-state index in [1.54, 1.807) is 12.1 Å². The van der Waals surface area contributed by atoms with Gasteiger partial charge in [-0.1, -0.05) is 39.8 Å². The van der Waals surface area contributed by atoms with Crippen LogP contribution in [0.15, 0.2) is 24.3 Å². The number of hydrogen-bond donors (Lipinski definition) is 6. The summed E-state index contributed by atoms with van der Waals surface area (Å²) < 4.78 is 0. The number of aliphatic carboxylic acids is 1. The molecule has 3 amide bonds. The summed E-state index contributed by atoms with van der Waals surface area (Å²) in [7, 11) is 0. The minimum absolute atomic E-state index is 0.0581. The number of hydrogen-bond acceptors (Lipinski definition) is 6.